The van der Waals surface area contributed by atoms with E-state index in [1.54, 1.807) is 10.7 Å². The Morgan fingerprint density at radius 2 is 1.96 bits per heavy atom. The molecule has 23 heavy (non-hydrogen) atoms. The average molecular weight is 329 g/mol. The predicted molar refractivity (Wildman–Crippen MR) is 87.5 cm³/mol. The van der Waals surface area contributed by atoms with E-state index in [4.69, 9.17) is 11.6 Å². The molecule has 0 aliphatic carbocycles. The Balaban J connectivity index is 1.54. The molecule has 4 nitrogen and oxygen atoms in total. The van der Waals surface area contributed by atoms with Crippen LogP contribution >= 0.6 is 11.6 Å². The normalized spacial score (nSPS) is 13.4. The molecule has 2 aromatic carbocycles. The molecule has 6 heteroatoms. The molecule has 116 valence electrons. The van der Waals surface area contributed by atoms with E-state index in [0.717, 1.165) is 35.6 Å². The molecule has 0 bridgehead atoms. The molecule has 3 aromatic rings. The van der Waals surface area contributed by atoms with Crippen LogP contribution in [0.25, 0.3) is 5.69 Å². The smallest absolute Gasteiger partial charge is 0.123 e. The summed E-state index contributed by atoms with van der Waals surface area (Å²) in [6, 6.07) is 12.4. The zero-order valence-electron chi connectivity index (χ0n) is 12.3. The number of hydrogen-bond acceptors (Lipinski definition) is 3. The predicted octanol–water partition coefficient (Wildman–Crippen LogP) is 3.62. The van der Waals surface area contributed by atoms with Crippen LogP contribution in [-0.2, 0) is 13.0 Å². The Kier molecular flexibility index (Phi) is 3.50. The highest BCUT2D eigenvalue weighted by atomic mass is 35.5. The van der Waals surface area contributed by atoms with Gasteiger partial charge in [0.25, 0.3) is 0 Å². The zero-order chi connectivity index (χ0) is 15.8. The Morgan fingerprint density at radius 3 is 2.78 bits per heavy atom. The number of rotatable bonds is 3. The molecule has 2 heterocycles. The van der Waals surface area contributed by atoms with Crippen LogP contribution in [0.2, 0.25) is 5.02 Å². The van der Waals surface area contributed by atoms with E-state index < -0.39 is 0 Å². The average Bonchev–Trinajstić information content (AvgIpc) is 3.16. The quantitative estimate of drug-likeness (QED) is 0.736. The Hall–Kier alpha value is -2.40. The van der Waals surface area contributed by atoms with E-state index in [1.165, 1.54) is 6.07 Å². The Morgan fingerprint density at radius 1 is 1.13 bits per heavy atom. The number of nitrogens with zero attached hydrogens (tertiary/aromatic N) is 4. The molecule has 0 saturated carbocycles. The van der Waals surface area contributed by atoms with Crippen molar-refractivity contribution in [1.82, 2.24) is 15.0 Å². The number of halogens is 2. The molecule has 0 fully saturated rings. The standard InChI is InChI=1S/C17H14ClFN4/c18-13-1-4-16(5-2-13)23-11-15(20-21-23)10-22-8-7-12-9-14(19)3-6-17(12)22/h1-6,9,11H,7-8,10H2. The molecule has 0 unspecified atom stereocenters. The van der Waals surface area contributed by atoms with Gasteiger partial charge in [-0.05, 0) is 54.4 Å². The Labute approximate surface area is 138 Å². The van der Waals surface area contributed by atoms with Crippen molar-refractivity contribution >= 4 is 17.3 Å². The second-order valence-electron chi connectivity index (χ2n) is 5.58. The van der Waals surface area contributed by atoms with E-state index >= 15 is 0 Å². The molecule has 0 radical (unpaired) electrons. The molecule has 0 N–H and O–H groups in total. The maximum Gasteiger partial charge on any atom is 0.123 e. The summed E-state index contributed by atoms with van der Waals surface area (Å²) in [5.74, 6) is -0.181. The third kappa shape index (κ3) is 2.80. The topological polar surface area (TPSA) is 34.0 Å². The summed E-state index contributed by atoms with van der Waals surface area (Å²) in [7, 11) is 0. The third-order valence-corrected chi connectivity index (χ3v) is 4.27. The highest BCUT2D eigenvalue weighted by Crippen LogP contribution is 2.29. The largest absolute Gasteiger partial charge is 0.365 e. The van der Waals surface area contributed by atoms with Crippen molar-refractivity contribution in [2.24, 2.45) is 0 Å². The highest BCUT2D eigenvalue weighted by Gasteiger charge is 2.20. The van der Waals surface area contributed by atoms with E-state index in [0.29, 0.717) is 11.6 Å². The second-order valence-corrected chi connectivity index (χ2v) is 6.01. The van der Waals surface area contributed by atoms with Gasteiger partial charge in [0.2, 0.25) is 0 Å². The minimum Gasteiger partial charge on any atom is -0.365 e. The lowest BCUT2D eigenvalue weighted by atomic mass is 10.2. The number of hydrogen-bond donors (Lipinski definition) is 0. The molecule has 1 aliphatic heterocycles. The van der Waals surface area contributed by atoms with Crippen LogP contribution in [0.5, 0.6) is 0 Å². The van der Waals surface area contributed by atoms with Crippen LogP contribution in [0.1, 0.15) is 11.3 Å². The zero-order valence-corrected chi connectivity index (χ0v) is 13.0. The molecule has 0 spiro atoms. The Bertz CT molecular complexity index is 844. The minimum atomic E-state index is -0.181. The first-order valence-corrected chi connectivity index (χ1v) is 7.77. The lowest BCUT2D eigenvalue weighted by Gasteiger charge is -2.17. The maximum atomic E-state index is 13.3. The van der Waals surface area contributed by atoms with Gasteiger partial charge in [-0.2, -0.15) is 0 Å². The lowest BCUT2D eigenvalue weighted by Crippen LogP contribution is -2.19. The summed E-state index contributed by atoms with van der Waals surface area (Å²) in [4.78, 5) is 2.20. The summed E-state index contributed by atoms with van der Waals surface area (Å²) in [6.07, 6.45) is 2.77. The third-order valence-electron chi connectivity index (χ3n) is 4.02. The van der Waals surface area contributed by atoms with E-state index in [-0.39, 0.29) is 5.82 Å². The number of anilines is 1. The fourth-order valence-corrected chi connectivity index (χ4v) is 3.02. The van der Waals surface area contributed by atoms with E-state index in [2.05, 4.69) is 15.2 Å². The minimum absolute atomic E-state index is 0.181. The van der Waals surface area contributed by atoms with Crippen LogP contribution in [-0.4, -0.2) is 21.5 Å². The van der Waals surface area contributed by atoms with Crippen molar-refractivity contribution in [2.45, 2.75) is 13.0 Å². The van der Waals surface area contributed by atoms with Crippen molar-refractivity contribution in [3.63, 3.8) is 0 Å². The highest BCUT2D eigenvalue weighted by molar-refractivity contribution is 6.30. The summed E-state index contributed by atoms with van der Waals surface area (Å²) >= 11 is 5.90. The van der Waals surface area contributed by atoms with Gasteiger partial charge in [-0.15, -0.1) is 5.10 Å². The van der Waals surface area contributed by atoms with Crippen LogP contribution < -0.4 is 4.90 Å². The van der Waals surface area contributed by atoms with Crippen molar-refractivity contribution in [2.75, 3.05) is 11.4 Å². The van der Waals surface area contributed by atoms with Crippen LogP contribution in [0.15, 0.2) is 48.7 Å². The molecule has 4 rings (SSSR count). The molecular formula is C17H14ClFN4. The maximum absolute atomic E-state index is 13.3. The van der Waals surface area contributed by atoms with Gasteiger partial charge in [0.05, 0.1) is 18.4 Å². The first kappa shape index (κ1) is 14.2. The first-order valence-electron chi connectivity index (χ1n) is 7.39. The summed E-state index contributed by atoms with van der Waals surface area (Å²) in [5, 5.41) is 9.09. The van der Waals surface area contributed by atoms with Crippen molar-refractivity contribution < 1.29 is 4.39 Å². The van der Waals surface area contributed by atoms with Gasteiger partial charge in [-0.25, -0.2) is 9.07 Å². The van der Waals surface area contributed by atoms with Gasteiger partial charge >= 0.3 is 0 Å². The summed E-state index contributed by atoms with van der Waals surface area (Å²) in [5.41, 5.74) is 3.91. The van der Waals surface area contributed by atoms with Gasteiger partial charge in [0, 0.05) is 17.3 Å². The molecule has 0 saturated heterocycles. The number of fused-ring (bicyclic) bond motifs is 1. The van der Waals surface area contributed by atoms with Crippen LogP contribution in [0.3, 0.4) is 0 Å². The molecule has 1 aliphatic rings. The second kappa shape index (κ2) is 5.66. The van der Waals surface area contributed by atoms with E-state index in [1.807, 2.05) is 36.5 Å². The van der Waals surface area contributed by atoms with Gasteiger partial charge in [0.1, 0.15) is 11.5 Å². The fourth-order valence-electron chi connectivity index (χ4n) is 2.89. The van der Waals surface area contributed by atoms with E-state index in [9.17, 15) is 4.39 Å². The van der Waals surface area contributed by atoms with Crippen LogP contribution in [0, 0.1) is 5.82 Å². The van der Waals surface area contributed by atoms with Gasteiger partial charge in [0.15, 0.2) is 0 Å². The molecule has 1 aromatic heterocycles. The first-order chi connectivity index (χ1) is 11.2. The van der Waals surface area contributed by atoms with Crippen molar-refractivity contribution in [3.05, 3.63) is 70.8 Å². The van der Waals surface area contributed by atoms with Gasteiger partial charge in [-0.1, -0.05) is 16.8 Å². The molecule has 0 amide bonds. The lowest BCUT2D eigenvalue weighted by molar-refractivity contribution is 0.626. The molecule has 0 atom stereocenters. The van der Waals surface area contributed by atoms with Gasteiger partial charge < -0.3 is 4.90 Å². The number of benzene rings is 2. The van der Waals surface area contributed by atoms with Gasteiger partial charge in [-0.3, -0.25) is 0 Å². The summed E-state index contributed by atoms with van der Waals surface area (Å²) < 4.78 is 15.0. The molecular weight excluding hydrogens is 315 g/mol. The van der Waals surface area contributed by atoms with Crippen molar-refractivity contribution in [3.8, 4) is 5.69 Å². The summed E-state index contributed by atoms with van der Waals surface area (Å²) in [6.45, 7) is 1.53. The fraction of sp³-hybridized carbons (Fsp3) is 0.176. The SMILES string of the molecule is Fc1ccc2c(c1)CCN2Cc1cn(-c2ccc(Cl)cc2)nn1. The van der Waals surface area contributed by atoms with Crippen LogP contribution in [0.4, 0.5) is 10.1 Å². The monoisotopic (exact) mass is 328 g/mol. The number of aromatic nitrogens is 3. The van der Waals surface area contributed by atoms with Crippen molar-refractivity contribution in [1.29, 1.82) is 0 Å².